The molecule has 1 spiro atoms. The summed E-state index contributed by atoms with van der Waals surface area (Å²) >= 11 is 0. The maximum Gasteiger partial charge on any atom is 0.302 e. The number of methoxy groups -OCH3 is 1. The van der Waals surface area contributed by atoms with Crippen molar-refractivity contribution >= 4 is 17.5 Å². The lowest BCUT2D eigenvalue weighted by molar-refractivity contribution is -0.200. The van der Waals surface area contributed by atoms with Gasteiger partial charge in [-0.15, -0.1) is 0 Å². The monoisotopic (exact) mass is 494 g/mol. The van der Waals surface area contributed by atoms with Crippen LogP contribution in [0.5, 0.6) is 0 Å². The number of carbonyl (C=O) groups excluding carboxylic acids is 3. The minimum atomic E-state index is -1.05. The Labute approximate surface area is 211 Å². The van der Waals surface area contributed by atoms with Crippen molar-refractivity contribution in [3.63, 3.8) is 0 Å². The van der Waals surface area contributed by atoms with Gasteiger partial charge in [-0.3, -0.25) is 14.4 Å². The van der Waals surface area contributed by atoms with Crippen molar-refractivity contribution in [2.45, 2.75) is 78.1 Å². The summed E-state index contributed by atoms with van der Waals surface area (Å²) in [6.45, 7) is 11.3. The number of carbonyl (C=O) groups is 3. The molecule has 8 atom stereocenters. The van der Waals surface area contributed by atoms with Crippen molar-refractivity contribution in [3.8, 4) is 0 Å². The molecule has 0 N–H and O–H groups in total. The van der Waals surface area contributed by atoms with Crippen molar-refractivity contribution in [2.24, 2.45) is 27.6 Å². The van der Waals surface area contributed by atoms with Crippen LogP contribution in [0.1, 0.15) is 65.9 Å². The summed E-state index contributed by atoms with van der Waals surface area (Å²) in [6.07, 6.45) is 7.60. The van der Waals surface area contributed by atoms with Gasteiger partial charge in [-0.1, -0.05) is 19.9 Å². The van der Waals surface area contributed by atoms with Gasteiger partial charge in [0.2, 0.25) is 5.78 Å². The third-order valence-electron chi connectivity index (χ3n) is 10.6. The smallest absolute Gasteiger partial charge is 0.302 e. The van der Waals surface area contributed by atoms with Gasteiger partial charge in [0.25, 0.3) is 0 Å². The first kappa shape index (κ1) is 23.7. The predicted octanol–water partition coefficient (Wildman–Crippen LogP) is 4.52. The molecule has 0 radical (unpaired) electrons. The van der Waals surface area contributed by atoms with Crippen LogP contribution in [-0.2, 0) is 28.6 Å². The first-order valence-corrected chi connectivity index (χ1v) is 12.8. The molecule has 1 aromatic heterocycles. The van der Waals surface area contributed by atoms with Crippen LogP contribution in [0.4, 0.5) is 0 Å². The van der Waals surface area contributed by atoms with E-state index in [9.17, 15) is 14.4 Å². The number of ketones is 2. The lowest BCUT2D eigenvalue weighted by Crippen LogP contribution is -2.70. The maximum atomic E-state index is 14.7. The zero-order valence-electron chi connectivity index (χ0n) is 22.0. The Morgan fingerprint density at radius 1 is 1.14 bits per heavy atom. The number of hydrogen-bond acceptors (Lipinski definition) is 7. The van der Waals surface area contributed by atoms with Crippen molar-refractivity contribution < 1.29 is 33.0 Å². The Bertz CT molecular complexity index is 1250. The van der Waals surface area contributed by atoms with Gasteiger partial charge in [-0.05, 0) is 62.8 Å². The summed E-state index contributed by atoms with van der Waals surface area (Å²) < 4.78 is 24.0. The molecule has 36 heavy (non-hydrogen) atoms. The Morgan fingerprint density at radius 3 is 2.47 bits per heavy atom. The van der Waals surface area contributed by atoms with Gasteiger partial charge in [-0.2, -0.15) is 0 Å². The number of allylic oxidation sites excluding steroid dienone is 4. The third kappa shape index (κ3) is 2.37. The number of epoxide rings is 1. The van der Waals surface area contributed by atoms with Crippen molar-refractivity contribution in [1.82, 2.24) is 0 Å². The largest absolute Gasteiger partial charge is 0.493 e. The second kappa shape index (κ2) is 6.80. The van der Waals surface area contributed by atoms with Crippen LogP contribution in [0.15, 0.2) is 46.5 Å². The molecule has 1 saturated heterocycles. The fourth-order valence-electron chi connectivity index (χ4n) is 9.39. The van der Waals surface area contributed by atoms with Gasteiger partial charge < -0.3 is 18.6 Å². The van der Waals surface area contributed by atoms with E-state index in [1.165, 1.54) is 14.0 Å². The normalized spacial score (nSPS) is 46.0. The minimum absolute atomic E-state index is 0.0785. The lowest BCUT2D eigenvalue weighted by Gasteiger charge is -2.64. The van der Waals surface area contributed by atoms with Gasteiger partial charge >= 0.3 is 5.97 Å². The van der Waals surface area contributed by atoms with E-state index in [4.69, 9.17) is 18.6 Å². The fourth-order valence-corrected chi connectivity index (χ4v) is 9.39. The van der Waals surface area contributed by atoms with E-state index >= 15 is 0 Å². The average Bonchev–Trinajstić information content (AvgIpc) is 3.16. The molecule has 0 unspecified atom stereocenters. The molecule has 1 aromatic rings. The molecule has 1 aliphatic heterocycles. The number of esters is 1. The molecule has 4 aliphatic carbocycles. The highest BCUT2D eigenvalue weighted by Gasteiger charge is 2.89. The summed E-state index contributed by atoms with van der Waals surface area (Å²) in [5.74, 6) is -0.743. The van der Waals surface area contributed by atoms with Crippen molar-refractivity contribution in [2.75, 3.05) is 7.11 Å². The molecule has 192 valence electrons. The van der Waals surface area contributed by atoms with Crippen LogP contribution < -0.4 is 0 Å². The fraction of sp³-hybridized carbons (Fsp3) is 0.621. The number of Topliss-reactive ketones (excluding diaryl/α,β-unsaturated/α-hetero) is 1. The summed E-state index contributed by atoms with van der Waals surface area (Å²) in [5.41, 5.74) is -2.25. The number of rotatable bonds is 3. The molecule has 6 rings (SSSR count). The molecule has 0 bridgehead atoms. The van der Waals surface area contributed by atoms with E-state index < -0.39 is 39.3 Å². The molecule has 7 nitrogen and oxygen atoms in total. The first-order valence-electron chi connectivity index (χ1n) is 12.8. The summed E-state index contributed by atoms with van der Waals surface area (Å²) in [7, 11) is 1.50. The number of furan rings is 1. The van der Waals surface area contributed by atoms with Crippen molar-refractivity contribution in [1.29, 1.82) is 0 Å². The van der Waals surface area contributed by atoms with Crippen LogP contribution in [0.2, 0.25) is 0 Å². The van der Waals surface area contributed by atoms with Crippen LogP contribution >= 0.6 is 0 Å². The van der Waals surface area contributed by atoms with Crippen LogP contribution in [0.3, 0.4) is 0 Å². The summed E-state index contributed by atoms with van der Waals surface area (Å²) in [6, 6.07) is 1.98. The van der Waals surface area contributed by atoms with Gasteiger partial charge in [0.1, 0.15) is 11.7 Å². The standard InChI is InChI=1S/C29H34O7/c1-15(30)35-18-13-27(5)17(16-9-11-34-14-16)12-20-29(27,36-20)28(6)22(18)26(4)10-8-19(31)25(2,3)23(26)21(33-7)24(28)32/h8-11,14,17-18,20,22H,12-13H2,1-7H3/t17-,18+,20+,22+,26+,27-,28-,29+/m0/s1. The van der Waals surface area contributed by atoms with Crippen LogP contribution in [0, 0.1) is 27.6 Å². The number of hydrogen-bond donors (Lipinski definition) is 0. The molecule has 2 heterocycles. The second-order valence-corrected chi connectivity index (χ2v) is 12.5. The third-order valence-corrected chi connectivity index (χ3v) is 10.6. The van der Waals surface area contributed by atoms with Gasteiger partial charge in [0, 0.05) is 23.7 Å². The highest BCUT2D eigenvalue weighted by Crippen LogP contribution is 2.81. The Hall–Kier alpha value is -2.67. The topological polar surface area (TPSA) is 95.3 Å². The zero-order valence-corrected chi connectivity index (χ0v) is 22.0. The van der Waals surface area contributed by atoms with E-state index in [2.05, 4.69) is 13.8 Å². The van der Waals surface area contributed by atoms with Gasteiger partial charge in [0.15, 0.2) is 11.5 Å². The highest BCUT2D eigenvalue weighted by molar-refractivity contribution is 6.06. The first-order chi connectivity index (χ1) is 16.8. The number of fused-ring (bicyclic) bond motifs is 3. The molecule has 0 aromatic carbocycles. The predicted molar refractivity (Wildman–Crippen MR) is 129 cm³/mol. The highest BCUT2D eigenvalue weighted by atomic mass is 16.6. The van der Waals surface area contributed by atoms with Gasteiger partial charge in [-0.25, -0.2) is 0 Å². The molecule has 7 heteroatoms. The van der Waals surface area contributed by atoms with E-state index in [1.807, 2.05) is 32.9 Å². The molecule has 2 saturated carbocycles. The molecule has 0 amide bonds. The second-order valence-electron chi connectivity index (χ2n) is 12.5. The summed E-state index contributed by atoms with van der Waals surface area (Å²) in [5, 5.41) is 0. The molecular formula is C29H34O7. The molecular weight excluding hydrogens is 460 g/mol. The molecule has 3 fully saturated rings. The van der Waals surface area contributed by atoms with Crippen molar-refractivity contribution in [3.05, 3.63) is 47.6 Å². The van der Waals surface area contributed by atoms with Gasteiger partial charge in [0.05, 0.1) is 36.6 Å². The Balaban J connectivity index is 1.64. The van der Waals surface area contributed by atoms with E-state index in [1.54, 1.807) is 18.6 Å². The van der Waals surface area contributed by atoms with Crippen LogP contribution in [-0.4, -0.2) is 42.5 Å². The minimum Gasteiger partial charge on any atom is -0.493 e. The van der Waals surface area contributed by atoms with E-state index in [-0.39, 0.29) is 35.3 Å². The number of ether oxygens (including phenoxy) is 3. The Kier molecular flexibility index (Phi) is 4.48. The quantitative estimate of drug-likeness (QED) is 0.450. The average molecular weight is 495 g/mol. The zero-order chi connectivity index (χ0) is 26.1. The molecule has 5 aliphatic rings. The maximum absolute atomic E-state index is 14.7. The Morgan fingerprint density at radius 2 is 1.86 bits per heavy atom. The summed E-state index contributed by atoms with van der Waals surface area (Å²) in [4.78, 5) is 40.2. The van der Waals surface area contributed by atoms with Crippen LogP contribution in [0.25, 0.3) is 0 Å². The SMILES string of the molecule is COC1=C2C(C)(C)C(=O)C=C[C@]2(C)[C@H]2[C@H](OC(C)=O)C[C@@]3(C)[C@H](c4ccoc4)C[C@H]4O[C@]43[C@]2(C)C1=O. The van der Waals surface area contributed by atoms with E-state index in [0.717, 1.165) is 12.0 Å². The lowest BCUT2D eigenvalue weighted by atomic mass is 9.38. The van der Waals surface area contributed by atoms with E-state index in [0.29, 0.717) is 12.0 Å².